The number of methoxy groups -OCH3 is 1. The van der Waals surface area contributed by atoms with Crippen LogP contribution in [0.2, 0.25) is 0 Å². The molecule has 0 radical (unpaired) electrons. The number of ether oxygens (including phenoxy) is 1. The third kappa shape index (κ3) is 4.13. The number of hydrazine groups is 1. The van der Waals surface area contributed by atoms with Crippen molar-refractivity contribution in [1.82, 2.24) is 20.7 Å². The molecule has 2 aromatic rings. The molecular formula is C22H26N4O4. The van der Waals surface area contributed by atoms with Gasteiger partial charge in [0.1, 0.15) is 11.3 Å². The molecule has 1 unspecified atom stereocenters. The summed E-state index contributed by atoms with van der Waals surface area (Å²) in [5.41, 5.74) is 2.86. The lowest BCUT2D eigenvalue weighted by Crippen LogP contribution is -2.50. The van der Waals surface area contributed by atoms with Crippen molar-refractivity contribution in [3.8, 4) is 5.75 Å². The molecule has 1 aliphatic rings. The van der Waals surface area contributed by atoms with Crippen LogP contribution in [-0.2, 0) is 21.7 Å². The monoisotopic (exact) mass is 410 g/mol. The predicted octanol–water partition coefficient (Wildman–Crippen LogP) is 2.02. The van der Waals surface area contributed by atoms with Crippen molar-refractivity contribution in [2.75, 3.05) is 20.7 Å². The van der Waals surface area contributed by atoms with Gasteiger partial charge >= 0.3 is 6.03 Å². The van der Waals surface area contributed by atoms with Crippen LogP contribution in [0, 0.1) is 0 Å². The number of imide groups is 1. The Morgan fingerprint density at radius 3 is 2.47 bits per heavy atom. The van der Waals surface area contributed by atoms with Gasteiger partial charge in [0.2, 0.25) is 0 Å². The molecular weight excluding hydrogens is 384 g/mol. The van der Waals surface area contributed by atoms with Gasteiger partial charge in [-0.15, -0.1) is 0 Å². The zero-order valence-electron chi connectivity index (χ0n) is 17.3. The molecule has 30 heavy (non-hydrogen) atoms. The minimum absolute atomic E-state index is 0.000426. The van der Waals surface area contributed by atoms with Gasteiger partial charge < -0.3 is 10.1 Å². The fourth-order valence-corrected chi connectivity index (χ4v) is 3.62. The number of hydrogen-bond donors (Lipinski definition) is 2. The summed E-state index contributed by atoms with van der Waals surface area (Å²) in [7, 11) is 3.37. The standard InChI is InChI=1S/C22H26N4O4/c1-4-22(17-11-6-5-7-12-17)20(28)26(21(29)23-22)24-19(27)15-25(2)14-16-10-8-9-13-18(16)30-3/h5-13H,4,14-15H2,1-3H3,(H,23,29)(H,24,27). The highest BCUT2D eigenvalue weighted by atomic mass is 16.5. The van der Waals surface area contributed by atoms with E-state index in [1.54, 1.807) is 43.3 Å². The van der Waals surface area contributed by atoms with E-state index in [2.05, 4.69) is 10.7 Å². The van der Waals surface area contributed by atoms with E-state index in [9.17, 15) is 14.4 Å². The molecule has 1 heterocycles. The van der Waals surface area contributed by atoms with Crippen molar-refractivity contribution >= 4 is 17.8 Å². The van der Waals surface area contributed by atoms with E-state index in [-0.39, 0.29) is 6.54 Å². The van der Waals surface area contributed by atoms with Crippen molar-refractivity contribution < 1.29 is 19.1 Å². The maximum atomic E-state index is 13.1. The normalized spacial score (nSPS) is 18.5. The number of carbonyl (C=O) groups excluding carboxylic acids is 3. The quantitative estimate of drug-likeness (QED) is 0.650. The number of likely N-dealkylation sites (N-methyl/N-ethyl adjacent to an activating group) is 1. The molecule has 0 aliphatic carbocycles. The number of benzene rings is 2. The number of amides is 4. The number of rotatable bonds is 8. The van der Waals surface area contributed by atoms with Gasteiger partial charge in [-0.2, -0.15) is 5.01 Å². The van der Waals surface area contributed by atoms with Gasteiger partial charge in [-0.25, -0.2) is 4.79 Å². The summed E-state index contributed by atoms with van der Waals surface area (Å²) in [6, 6.07) is 15.9. The largest absolute Gasteiger partial charge is 0.496 e. The van der Waals surface area contributed by atoms with Crippen LogP contribution < -0.4 is 15.5 Å². The lowest BCUT2D eigenvalue weighted by molar-refractivity contribution is -0.139. The van der Waals surface area contributed by atoms with Crippen LogP contribution in [0.3, 0.4) is 0 Å². The molecule has 8 heteroatoms. The lowest BCUT2D eigenvalue weighted by Gasteiger charge is -2.25. The van der Waals surface area contributed by atoms with Crippen LogP contribution >= 0.6 is 0 Å². The highest BCUT2D eigenvalue weighted by molar-refractivity contribution is 6.08. The summed E-state index contributed by atoms with van der Waals surface area (Å²) in [5.74, 6) is -0.229. The molecule has 1 fully saturated rings. The van der Waals surface area contributed by atoms with Gasteiger partial charge in [-0.05, 0) is 25.1 Å². The molecule has 3 rings (SSSR count). The summed E-state index contributed by atoms with van der Waals surface area (Å²) in [6.45, 7) is 2.29. The Morgan fingerprint density at radius 2 is 1.80 bits per heavy atom. The van der Waals surface area contributed by atoms with E-state index in [1.165, 1.54) is 0 Å². The second-order valence-electron chi connectivity index (χ2n) is 7.21. The fraction of sp³-hybridized carbons (Fsp3) is 0.318. The number of hydrogen-bond acceptors (Lipinski definition) is 5. The van der Waals surface area contributed by atoms with Crippen LogP contribution in [0.5, 0.6) is 5.75 Å². The zero-order chi connectivity index (χ0) is 21.7. The first-order valence-electron chi connectivity index (χ1n) is 9.73. The van der Waals surface area contributed by atoms with Crippen molar-refractivity contribution in [3.63, 3.8) is 0 Å². The Balaban J connectivity index is 1.66. The number of carbonyl (C=O) groups is 3. The molecule has 8 nitrogen and oxygen atoms in total. The predicted molar refractivity (Wildman–Crippen MR) is 111 cm³/mol. The Morgan fingerprint density at radius 1 is 1.13 bits per heavy atom. The van der Waals surface area contributed by atoms with Gasteiger partial charge in [0.15, 0.2) is 0 Å². The van der Waals surface area contributed by atoms with Crippen LogP contribution in [0.4, 0.5) is 4.79 Å². The van der Waals surface area contributed by atoms with E-state index in [0.717, 1.165) is 16.3 Å². The first-order valence-corrected chi connectivity index (χ1v) is 9.73. The third-order valence-corrected chi connectivity index (χ3v) is 5.17. The van der Waals surface area contributed by atoms with Gasteiger partial charge in [0.05, 0.1) is 13.7 Å². The third-order valence-electron chi connectivity index (χ3n) is 5.17. The van der Waals surface area contributed by atoms with Gasteiger partial charge in [0, 0.05) is 12.1 Å². The molecule has 2 N–H and O–H groups in total. The van der Waals surface area contributed by atoms with Crippen molar-refractivity contribution in [2.24, 2.45) is 0 Å². The molecule has 1 aliphatic heterocycles. The summed E-state index contributed by atoms with van der Waals surface area (Å²) in [5, 5.41) is 3.51. The first kappa shape index (κ1) is 21.3. The average Bonchev–Trinajstić information content (AvgIpc) is 2.99. The Kier molecular flexibility index (Phi) is 6.37. The Labute approximate surface area is 175 Å². The fourth-order valence-electron chi connectivity index (χ4n) is 3.62. The lowest BCUT2D eigenvalue weighted by atomic mass is 9.87. The number of nitrogens with zero attached hydrogens (tertiary/aromatic N) is 2. The van der Waals surface area contributed by atoms with Crippen molar-refractivity contribution in [3.05, 3.63) is 65.7 Å². The number of para-hydroxylation sites is 1. The SMILES string of the molecule is CCC1(c2ccccc2)NC(=O)N(NC(=O)CN(C)Cc2ccccc2OC)C1=O. The summed E-state index contributed by atoms with van der Waals surface area (Å²) in [6.07, 6.45) is 0.363. The van der Waals surface area contributed by atoms with Crippen molar-refractivity contribution in [1.29, 1.82) is 0 Å². The smallest absolute Gasteiger partial charge is 0.344 e. The van der Waals surface area contributed by atoms with E-state index >= 15 is 0 Å². The molecule has 4 amide bonds. The van der Waals surface area contributed by atoms with Gasteiger partial charge in [0.25, 0.3) is 11.8 Å². The topological polar surface area (TPSA) is 91.0 Å². The molecule has 158 valence electrons. The summed E-state index contributed by atoms with van der Waals surface area (Å²) in [4.78, 5) is 39.8. The van der Waals surface area contributed by atoms with Crippen LogP contribution in [0.1, 0.15) is 24.5 Å². The van der Waals surface area contributed by atoms with Crippen LogP contribution in [-0.4, -0.2) is 48.5 Å². The summed E-state index contributed by atoms with van der Waals surface area (Å²) < 4.78 is 5.33. The van der Waals surface area contributed by atoms with E-state index in [1.807, 2.05) is 37.3 Å². The minimum atomic E-state index is -1.19. The second-order valence-corrected chi connectivity index (χ2v) is 7.21. The van der Waals surface area contributed by atoms with Crippen LogP contribution in [0.15, 0.2) is 54.6 Å². The maximum Gasteiger partial charge on any atom is 0.344 e. The van der Waals surface area contributed by atoms with Gasteiger partial charge in [-0.3, -0.25) is 19.9 Å². The molecule has 0 saturated carbocycles. The molecule has 2 aromatic carbocycles. The van der Waals surface area contributed by atoms with Gasteiger partial charge in [-0.1, -0.05) is 55.5 Å². The van der Waals surface area contributed by atoms with Crippen LogP contribution in [0.25, 0.3) is 0 Å². The van der Waals surface area contributed by atoms with Crippen molar-refractivity contribution in [2.45, 2.75) is 25.4 Å². The highest BCUT2D eigenvalue weighted by Crippen LogP contribution is 2.31. The zero-order valence-corrected chi connectivity index (χ0v) is 17.3. The van der Waals surface area contributed by atoms with E-state index < -0.39 is 23.4 Å². The maximum absolute atomic E-state index is 13.1. The molecule has 1 atom stereocenters. The second kappa shape index (κ2) is 8.96. The van der Waals surface area contributed by atoms with E-state index in [0.29, 0.717) is 18.5 Å². The Hall–Kier alpha value is -3.39. The summed E-state index contributed by atoms with van der Waals surface area (Å²) >= 11 is 0. The minimum Gasteiger partial charge on any atom is -0.496 e. The molecule has 1 saturated heterocycles. The average molecular weight is 410 g/mol. The number of nitrogens with one attached hydrogen (secondary N) is 2. The molecule has 0 bridgehead atoms. The van der Waals surface area contributed by atoms with E-state index in [4.69, 9.17) is 4.74 Å². The Bertz CT molecular complexity index is 934. The highest BCUT2D eigenvalue weighted by Gasteiger charge is 2.52. The molecule has 0 aromatic heterocycles. The first-order chi connectivity index (χ1) is 14.4. The molecule has 0 spiro atoms. The number of urea groups is 1.